The van der Waals surface area contributed by atoms with Crippen LogP contribution in [-0.2, 0) is 17.1 Å². The molecule has 9 rings (SSSR count). The third-order valence-electron chi connectivity index (χ3n) is 7.77. The molecular formula is C33H19CuN7. The van der Waals surface area contributed by atoms with E-state index in [4.69, 9.17) is 34.9 Å². The zero-order valence-electron chi connectivity index (χ0n) is 21.4. The second-order valence-electron chi connectivity index (χ2n) is 10.1. The van der Waals surface area contributed by atoms with Crippen LogP contribution >= 0.6 is 0 Å². The summed E-state index contributed by atoms with van der Waals surface area (Å²) in [7, 11) is 0. The number of rotatable bonds is 0. The first kappa shape index (κ1) is 23.9. The quantitative estimate of drug-likeness (QED) is 0.260. The fraction of sp³-hybridized carbons (Fsp3) is 0.0606. The van der Waals surface area contributed by atoms with Gasteiger partial charge in [-0.25, -0.2) is 0 Å². The van der Waals surface area contributed by atoms with E-state index in [2.05, 4.69) is 36.4 Å². The van der Waals surface area contributed by atoms with Gasteiger partial charge in [-0.3, -0.25) is 9.98 Å². The summed E-state index contributed by atoms with van der Waals surface area (Å²) >= 11 is 0. The molecule has 6 aromatic rings. The van der Waals surface area contributed by atoms with Crippen molar-refractivity contribution in [3.63, 3.8) is 0 Å². The minimum Gasteiger partial charge on any atom is -0.438 e. The molecule has 0 saturated carbocycles. The predicted molar refractivity (Wildman–Crippen MR) is 154 cm³/mol. The topological polar surface area (TPSA) is 90.0 Å². The van der Waals surface area contributed by atoms with Crippen molar-refractivity contribution in [2.24, 2.45) is 25.0 Å². The fourth-order valence-electron chi connectivity index (χ4n) is 5.89. The summed E-state index contributed by atoms with van der Waals surface area (Å²) in [6.07, 6.45) is 1.19. The van der Waals surface area contributed by atoms with E-state index in [-0.39, 0.29) is 17.1 Å². The summed E-state index contributed by atoms with van der Waals surface area (Å²) in [6, 6.07) is 32.6. The standard InChI is InChI=1S/C33H19N7.Cu/c1-3-11-20-18(9-1)26-17-27-19-10-2-4-12-21(19)29(35-27)37-31-23-14-6-8-16-25(23)33(39-31)40-32-24-15-7-5-13-22(24)30(38-32)36-28(20)34-26;/h1-17,28,31H;/q-2;+2/b27-17-;. The van der Waals surface area contributed by atoms with Gasteiger partial charge in [0.05, 0.1) is 17.7 Å². The van der Waals surface area contributed by atoms with Crippen molar-refractivity contribution in [1.82, 2.24) is 9.97 Å². The van der Waals surface area contributed by atoms with Gasteiger partial charge >= 0.3 is 17.1 Å². The summed E-state index contributed by atoms with van der Waals surface area (Å²) in [5.74, 6) is 0.611. The molecule has 3 aliphatic rings. The van der Waals surface area contributed by atoms with E-state index in [0.717, 1.165) is 54.9 Å². The van der Waals surface area contributed by atoms with Crippen molar-refractivity contribution >= 4 is 39.2 Å². The van der Waals surface area contributed by atoms with E-state index in [9.17, 15) is 0 Å². The molecule has 0 N–H and O–H groups in total. The minimum atomic E-state index is -0.451. The Morgan fingerprint density at radius 1 is 0.488 bits per heavy atom. The van der Waals surface area contributed by atoms with Crippen LogP contribution in [0.5, 0.6) is 0 Å². The fourth-order valence-corrected chi connectivity index (χ4v) is 5.89. The number of nitrogens with zero attached hydrogens (tertiary/aromatic N) is 7. The third-order valence-corrected chi connectivity index (χ3v) is 7.77. The van der Waals surface area contributed by atoms with Crippen molar-refractivity contribution in [1.29, 1.82) is 0 Å². The number of hydrogen-bond donors (Lipinski definition) is 0. The minimum absolute atomic E-state index is 0. The molecule has 8 heteroatoms. The van der Waals surface area contributed by atoms with Gasteiger partial charge in [0.25, 0.3) is 0 Å². The predicted octanol–water partition coefficient (Wildman–Crippen LogP) is 3.22. The van der Waals surface area contributed by atoms with E-state index in [0.29, 0.717) is 22.3 Å². The van der Waals surface area contributed by atoms with Crippen LogP contribution in [0.1, 0.15) is 34.6 Å². The average molecular weight is 577 g/mol. The normalized spacial score (nSPS) is 20.6. The van der Waals surface area contributed by atoms with Crippen LogP contribution in [-0.4, -0.2) is 11.5 Å². The maximum Gasteiger partial charge on any atom is 2.00 e. The van der Waals surface area contributed by atoms with E-state index in [1.807, 2.05) is 66.7 Å². The van der Waals surface area contributed by atoms with Crippen molar-refractivity contribution in [2.45, 2.75) is 12.3 Å². The molecule has 3 aliphatic heterocycles. The Kier molecular flexibility index (Phi) is 5.29. The Morgan fingerprint density at radius 3 is 1.78 bits per heavy atom. The molecule has 5 heterocycles. The molecular weight excluding hydrogens is 558 g/mol. The molecule has 0 fully saturated rings. The van der Waals surface area contributed by atoms with E-state index >= 15 is 0 Å². The second kappa shape index (κ2) is 9.06. The zero-order chi connectivity index (χ0) is 26.2. The van der Waals surface area contributed by atoms with Crippen LogP contribution in [0.2, 0.25) is 0 Å². The summed E-state index contributed by atoms with van der Waals surface area (Å²) in [5.41, 5.74) is 6.76. The van der Waals surface area contributed by atoms with Crippen LogP contribution in [0.3, 0.4) is 0 Å². The van der Waals surface area contributed by atoms with Gasteiger partial charge in [-0.15, -0.1) is 0 Å². The first-order chi connectivity index (χ1) is 19.8. The third kappa shape index (κ3) is 3.62. The maximum absolute atomic E-state index is 5.08. The Balaban J connectivity index is 0.00000256. The Bertz CT molecular complexity index is 2190. The molecule has 197 valence electrons. The zero-order valence-corrected chi connectivity index (χ0v) is 22.3. The molecule has 7 nitrogen and oxygen atoms in total. The van der Waals surface area contributed by atoms with Crippen molar-refractivity contribution < 1.29 is 17.1 Å². The average Bonchev–Trinajstić information content (AvgIpc) is 3.73. The number of benzene rings is 4. The molecule has 2 aromatic heterocycles. The van der Waals surface area contributed by atoms with Gasteiger partial charge in [-0.05, 0) is 44.1 Å². The van der Waals surface area contributed by atoms with Crippen LogP contribution < -0.4 is 31.8 Å². The maximum atomic E-state index is 5.08. The van der Waals surface area contributed by atoms with Crippen molar-refractivity contribution in [3.8, 4) is 0 Å². The van der Waals surface area contributed by atoms with Gasteiger partial charge in [0, 0.05) is 22.1 Å². The molecule has 1 radical (unpaired) electrons. The summed E-state index contributed by atoms with van der Waals surface area (Å²) in [4.78, 5) is 35.1. The van der Waals surface area contributed by atoms with Gasteiger partial charge in [-0.1, -0.05) is 103 Å². The molecule has 0 aliphatic carbocycles. The van der Waals surface area contributed by atoms with E-state index < -0.39 is 12.3 Å². The second-order valence-corrected chi connectivity index (χ2v) is 10.1. The molecule has 0 spiro atoms. The van der Waals surface area contributed by atoms with Crippen molar-refractivity contribution in [2.75, 3.05) is 0 Å². The molecule has 0 saturated heterocycles. The largest absolute Gasteiger partial charge is 2.00 e. The number of hydrogen-bond acceptors (Lipinski definition) is 5. The molecule has 2 unspecified atom stereocenters. The molecule has 8 bridgehead atoms. The van der Waals surface area contributed by atoms with Gasteiger partial charge < -0.3 is 24.9 Å². The van der Waals surface area contributed by atoms with E-state index in [1.54, 1.807) is 0 Å². The van der Waals surface area contributed by atoms with Gasteiger partial charge in [0.2, 0.25) is 0 Å². The SMILES string of the molecule is C1=c2\[n-]/c(c3ccccc23)=N\C2N=C(N=c3[n-]/c(c4ccccc34)=N\C3N=C/1c1ccccc13)c1ccccc12.[Cu+2]. The number of aliphatic imine (C=N–C) groups is 2. The van der Waals surface area contributed by atoms with Crippen LogP contribution in [0, 0.1) is 0 Å². The number of amidine groups is 1. The summed E-state index contributed by atoms with van der Waals surface area (Å²) in [5, 5.41) is 4.71. The van der Waals surface area contributed by atoms with Crippen LogP contribution in [0.4, 0.5) is 0 Å². The van der Waals surface area contributed by atoms with Crippen LogP contribution in [0.15, 0.2) is 122 Å². The summed E-state index contributed by atoms with van der Waals surface area (Å²) in [6.45, 7) is 0. The first-order valence-electron chi connectivity index (χ1n) is 13.2. The summed E-state index contributed by atoms with van der Waals surface area (Å²) < 4.78 is 0. The number of aromatic nitrogens is 2. The van der Waals surface area contributed by atoms with Gasteiger partial charge in [0.1, 0.15) is 6.17 Å². The molecule has 41 heavy (non-hydrogen) atoms. The molecule has 0 amide bonds. The smallest absolute Gasteiger partial charge is 0.438 e. The molecule has 4 aromatic carbocycles. The Morgan fingerprint density at radius 2 is 1.02 bits per heavy atom. The van der Waals surface area contributed by atoms with E-state index in [1.165, 1.54) is 0 Å². The van der Waals surface area contributed by atoms with Crippen molar-refractivity contribution in [3.05, 3.63) is 141 Å². The Labute approximate surface area is 244 Å². The van der Waals surface area contributed by atoms with Gasteiger partial charge in [-0.2, -0.15) is 0 Å². The first-order valence-corrected chi connectivity index (χ1v) is 13.2. The number of fused-ring (bicyclic) bond motifs is 18. The molecule has 2 atom stereocenters. The van der Waals surface area contributed by atoms with Crippen LogP contribution in [0.25, 0.3) is 27.6 Å². The monoisotopic (exact) mass is 576 g/mol. The van der Waals surface area contributed by atoms with Gasteiger partial charge in [0.15, 0.2) is 0 Å². The Hall–Kier alpha value is -4.91.